The summed E-state index contributed by atoms with van der Waals surface area (Å²) in [6.45, 7) is 7.73. The van der Waals surface area contributed by atoms with Gasteiger partial charge in [-0.15, -0.1) is 0 Å². The lowest BCUT2D eigenvalue weighted by molar-refractivity contribution is 0.129. The molecule has 0 heterocycles. The lowest BCUT2D eigenvalue weighted by Gasteiger charge is -2.27. The lowest BCUT2D eigenvalue weighted by Crippen LogP contribution is -2.24. The predicted octanol–water partition coefficient (Wildman–Crippen LogP) is 4.70. The number of ether oxygens (including phenoxy) is 1. The van der Waals surface area contributed by atoms with Crippen LogP contribution in [0.1, 0.15) is 64.5 Å². The van der Waals surface area contributed by atoms with Crippen molar-refractivity contribution in [1.29, 1.82) is 0 Å². The Morgan fingerprint density at radius 2 is 2.15 bits per heavy atom. The summed E-state index contributed by atoms with van der Waals surface area (Å²) in [6.07, 6.45) is 6.60. The summed E-state index contributed by atoms with van der Waals surface area (Å²) in [5.41, 5.74) is 1.34. The lowest BCUT2D eigenvalue weighted by atomic mass is 9.89. The van der Waals surface area contributed by atoms with E-state index in [0.29, 0.717) is 12.1 Å². The summed E-state index contributed by atoms with van der Waals surface area (Å²) in [4.78, 5) is 0. The molecule has 2 heteroatoms. The molecule has 1 aromatic rings. The van der Waals surface area contributed by atoms with Crippen molar-refractivity contribution in [2.45, 2.75) is 65.0 Å². The first-order chi connectivity index (χ1) is 9.72. The quantitative estimate of drug-likeness (QED) is 0.812. The maximum absolute atomic E-state index is 6.21. The second kappa shape index (κ2) is 7.68. The van der Waals surface area contributed by atoms with Gasteiger partial charge in [0.25, 0.3) is 0 Å². The van der Waals surface area contributed by atoms with Crippen molar-refractivity contribution in [2.24, 2.45) is 5.92 Å². The van der Waals surface area contributed by atoms with Gasteiger partial charge in [0.15, 0.2) is 0 Å². The monoisotopic (exact) mass is 275 g/mol. The van der Waals surface area contributed by atoms with E-state index in [1.807, 2.05) is 0 Å². The highest BCUT2D eigenvalue weighted by Gasteiger charge is 2.20. The van der Waals surface area contributed by atoms with Crippen molar-refractivity contribution >= 4 is 0 Å². The summed E-state index contributed by atoms with van der Waals surface area (Å²) in [7, 11) is 0. The van der Waals surface area contributed by atoms with Crippen molar-refractivity contribution in [2.75, 3.05) is 6.54 Å². The molecular weight excluding hydrogens is 246 g/mol. The third kappa shape index (κ3) is 4.24. The molecule has 3 unspecified atom stereocenters. The zero-order chi connectivity index (χ0) is 14.4. The first-order valence-corrected chi connectivity index (χ1v) is 8.22. The number of benzene rings is 1. The van der Waals surface area contributed by atoms with Gasteiger partial charge in [-0.3, -0.25) is 0 Å². The molecule has 1 fully saturated rings. The molecule has 0 amide bonds. The molecule has 0 bridgehead atoms. The molecule has 1 N–H and O–H groups in total. The number of hydrogen-bond donors (Lipinski definition) is 1. The molecule has 112 valence electrons. The van der Waals surface area contributed by atoms with Crippen LogP contribution in [0.5, 0.6) is 5.75 Å². The topological polar surface area (TPSA) is 21.3 Å². The van der Waals surface area contributed by atoms with Crippen LogP contribution < -0.4 is 10.1 Å². The van der Waals surface area contributed by atoms with Crippen molar-refractivity contribution in [3.05, 3.63) is 29.8 Å². The molecule has 1 aromatic carbocycles. The summed E-state index contributed by atoms with van der Waals surface area (Å²) >= 11 is 0. The Balaban J connectivity index is 2.01. The van der Waals surface area contributed by atoms with Gasteiger partial charge in [0, 0.05) is 6.04 Å². The number of nitrogens with one attached hydrogen (secondary N) is 1. The van der Waals surface area contributed by atoms with Crippen LogP contribution in [0.2, 0.25) is 0 Å². The minimum Gasteiger partial charge on any atom is -0.490 e. The Kier molecular flexibility index (Phi) is 5.90. The first-order valence-electron chi connectivity index (χ1n) is 8.22. The van der Waals surface area contributed by atoms with E-state index in [-0.39, 0.29) is 0 Å². The standard InChI is InChI=1S/C18H29NO/c1-4-18(19-5-2)15-9-7-11-17(13-15)20-16-10-6-8-14(3)12-16/h7,9,11,13-14,16,18-19H,4-6,8,10,12H2,1-3H3. The minimum absolute atomic E-state index is 0.410. The molecule has 20 heavy (non-hydrogen) atoms. The molecule has 1 aliphatic rings. The average molecular weight is 275 g/mol. The Bertz CT molecular complexity index is 404. The molecular formula is C18H29NO. The van der Waals surface area contributed by atoms with E-state index in [9.17, 15) is 0 Å². The fraction of sp³-hybridized carbons (Fsp3) is 0.667. The molecule has 2 rings (SSSR count). The van der Waals surface area contributed by atoms with Gasteiger partial charge >= 0.3 is 0 Å². The van der Waals surface area contributed by atoms with Crippen LogP contribution in [0.15, 0.2) is 24.3 Å². The smallest absolute Gasteiger partial charge is 0.120 e. The van der Waals surface area contributed by atoms with Crippen molar-refractivity contribution in [1.82, 2.24) is 5.32 Å². The normalized spacial score (nSPS) is 24.4. The highest BCUT2D eigenvalue weighted by molar-refractivity contribution is 5.30. The molecule has 0 aromatic heterocycles. The van der Waals surface area contributed by atoms with Crippen LogP contribution in [-0.4, -0.2) is 12.6 Å². The summed E-state index contributed by atoms with van der Waals surface area (Å²) < 4.78 is 6.21. The Hall–Kier alpha value is -1.02. The van der Waals surface area contributed by atoms with Crippen molar-refractivity contribution in [3.8, 4) is 5.75 Å². The molecule has 0 saturated heterocycles. The van der Waals surface area contributed by atoms with Gasteiger partial charge in [-0.2, -0.15) is 0 Å². The predicted molar refractivity (Wildman–Crippen MR) is 85.2 cm³/mol. The zero-order valence-electron chi connectivity index (χ0n) is 13.2. The number of hydrogen-bond acceptors (Lipinski definition) is 2. The van der Waals surface area contributed by atoms with Crippen molar-refractivity contribution in [3.63, 3.8) is 0 Å². The molecule has 2 nitrogen and oxygen atoms in total. The van der Waals surface area contributed by atoms with Gasteiger partial charge < -0.3 is 10.1 Å². The van der Waals surface area contributed by atoms with Gasteiger partial charge in [0.1, 0.15) is 5.75 Å². The van der Waals surface area contributed by atoms with Gasteiger partial charge in [0.2, 0.25) is 0 Å². The Morgan fingerprint density at radius 1 is 1.30 bits per heavy atom. The first kappa shape index (κ1) is 15.4. The maximum Gasteiger partial charge on any atom is 0.120 e. The van der Waals surface area contributed by atoms with E-state index in [2.05, 4.69) is 50.4 Å². The Labute approximate surface area is 123 Å². The van der Waals surface area contributed by atoms with Crippen LogP contribution >= 0.6 is 0 Å². The fourth-order valence-corrected chi connectivity index (χ4v) is 3.23. The summed E-state index contributed by atoms with van der Waals surface area (Å²) in [5.74, 6) is 1.85. The van der Waals surface area contributed by atoms with Gasteiger partial charge in [-0.1, -0.05) is 39.3 Å². The van der Waals surface area contributed by atoms with Crippen LogP contribution in [0.3, 0.4) is 0 Å². The molecule has 0 aliphatic heterocycles. The van der Waals surface area contributed by atoms with Crippen LogP contribution in [0.25, 0.3) is 0 Å². The van der Waals surface area contributed by atoms with E-state index in [0.717, 1.165) is 24.6 Å². The second-order valence-corrected chi connectivity index (χ2v) is 6.10. The highest BCUT2D eigenvalue weighted by atomic mass is 16.5. The van der Waals surface area contributed by atoms with Crippen molar-refractivity contribution < 1.29 is 4.74 Å². The zero-order valence-corrected chi connectivity index (χ0v) is 13.2. The van der Waals surface area contributed by atoms with Crippen LogP contribution in [0, 0.1) is 5.92 Å². The minimum atomic E-state index is 0.410. The molecule has 1 aliphatic carbocycles. The highest BCUT2D eigenvalue weighted by Crippen LogP contribution is 2.28. The van der Waals surface area contributed by atoms with E-state index in [1.165, 1.54) is 31.2 Å². The molecule has 0 radical (unpaired) electrons. The van der Waals surface area contributed by atoms with Gasteiger partial charge in [0.05, 0.1) is 6.10 Å². The Morgan fingerprint density at radius 3 is 2.85 bits per heavy atom. The molecule has 1 saturated carbocycles. The molecule has 0 spiro atoms. The second-order valence-electron chi connectivity index (χ2n) is 6.10. The summed E-state index contributed by atoms with van der Waals surface area (Å²) in [6, 6.07) is 9.08. The molecule has 3 atom stereocenters. The SMILES string of the molecule is CCNC(CC)c1cccc(OC2CCCC(C)C2)c1. The van der Waals surface area contributed by atoms with Gasteiger partial charge in [-0.25, -0.2) is 0 Å². The van der Waals surface area contributed by atoms with E-state index in [4.69, 9.17) is 4.74 Å². The number of rotatable bonds is 6. The maximum atomic E-state index is 6.21. The largest absolute Gasteiger partial charge is 0.490 e. The van der Waals surface area contributed by atoms with E-state index >= 15 is 0 Å². The van der Waals surface area contributed by atoms with Crippen LogP contribution in [0.4, 0.5) is 0 Å². The average Bonchev–Trinajstić information content (AvgIpc) is 2.45. The third-order valence-electron chi connectivity index (χ3n) is 4.31. The van der Waals surface area contributed by atoms with Gasteiger partial charge in [-0.05, 0) is 55.8 Å². The van der Waals surface area contributed by atoms with E-state index in [1.54, 1.807) is 0 Å². The summed E-state index contributed by atoms with van der Waals surface area (Å²) in [5, 5.41) is 3.53. The van der Waals surface area contributed by atoms with E-state index < -0.39 is 0 Å². The third-order valence-corrected chi connectivity index (χ3v) is 4.31. The van der Waals surface area contributed by atoms with Crippen LogP contribution in [-0.2, 0) is 0 Å². The fourth-order valence-electron chi connectivity index (χ4n) is 3.23.